The minimum absolute atomic E-state index is 0.399. The summed E-state index contributed by atoms with van der Waals surface area (Å²) in [6.07, 6.45) is 3.89. The van der Waals surface area contributed by atoms with E-state index in [1.165, 1.54) is 40.6 Å². The molecule has 7 heteroatoms. The van der Waals surface area contributed by atoms with Crippen LogP contribution in [0.4, 0.5) is 4.39 Å². The number of aldehydes is 1. The lowest BCUT2D eigenvalue weighted by Gasteiger charge is -2.02. The van der Waals surface area contributed by atoms with Crippen molar-refractivity contribution in [3.8, 4) is 11.1 Å². The van der Waals surface area contributed by atoms with Crippen molar-refractivity contribution in [1.82, 2.24) is 9.97 Å². The highest BCUT2D eigenvalue weighted by Gasteiger charge is 2.16. The third kappa shape index (κ3) is 2.65. The van der Waals surface area contributed by atoms with E-state index < -0.39 is 5.95 Å². The molecule has 100 valence electrons. The molecular weight excluding hydrogens is 315 g/mol. The van der Waals surface area contributed by atoms with Gasteiger partial charge in [-0.15, -0.1) is 22.7 Å². The summed E-state index contributed by atoms with van der Waals surface area (Å²) >= 11 is 4.27. The van der Waals surface area contributed by atoms with Crippen molar-refractivity contribution >= 4 is 40.7 Å². The van der Waals surface area contributed by atoms with Crippen LogP contribution in [-0.4, -0.2) is 16.3 Å². The first-order valence-electron chi connectivity index (χ1n) is 5.55. The number of aromatic nitrogens is 2. The van der Waals surface area contributed by atoms with Gasteiger partial charge in [0.15, 0.2) is 10.6 Å². The Kier molecular flexibility index (Phi) is 3.90. The highest BCUT2D eigenvalue weighted by atomic mass is 32.2. The number of rotatable bonds is 4. The Morgan fingerprint density at radius 2 is 2.15 bits per heavy atom. The number of hydrogen-bond donors (Lipinski definition) is 0. The van der Waals surface area contributed by atoms with Gasteiger partial charge in [-0.25, -0.2) is 9.97 Å². The monoisotopic (exact) mass is 322 g/mol. The van der Waals surface area contributed by atoms with Gasteiger partial charge < -0.3 is 0 Å². The van der Waals surface area contributed by atoms with Crippen LogP contribution in [-0.2, 0) is 0 Å². The lowest BCUT2D eigenvalue weighted by molar-refractivity contribution is 0.112. The number of thiophene rings is 1. The molecule has 0 atom stereocenters. The minimum Gasteiger partial charge on any atom is -0.297 e. The van der Waals surface area contributed by atoms with Crippen LogP contribution in [0.15, 0.2) is 44.5 Å². The van der Waals surface area contributed by atoms with Crippen LogP contribution in [0.2, 0.25) is 0 Å². The van der Waals surface area contributed by atoms with Crippen LogP contribution < -0.4 is 0 Å². The molecule has 0 N–H and O–H groups in total. The maximum absolute atomic E-state index is 13.8. The first-order valence-corrected chi connectivity index (χ1v) is 8.06. The molecule has 0 aromatic carbocycles. The van der Waals surface area contributed by atoms with Crippen molar-refractivity contribution in [2.75, 3.05) is 0 Å². The van der Waals surface area contributed by atoms with Gasteiger partial charge in [0, 0.05) is 28.9 Å². The molecule has 0 saturated heterocycles. The van der Waals surface area contributed by atoms with Crippen molar-refractivity contribution in [3.63, 3.8) is 0 Å². The Labute approximate surface area is 126 Å². The summed E-state index contributed by atoms with van der Waals surface area (Å²) in [4.78, 5) is 19.4. The molecule has 0 aliphatic heterocycles. The Balaban J connectivity index is 2.08. The third-order valence-electron chi connectivity index (χ3n) is 2.47. The molecule has 0 bridgehead atoms. The van der Waals surface area contributed by atoms with Gasteiger partial charge in [0.05, 0.1) is 9.09 Å². The Morgan fingerprint density at radius 1 is 1.25 bits per heavy atom. The zero-order valence-electron chi connectivity index (χ0n) is 9.95. The Bertz CT molecular complexity index is 740. The molecule has 3 aromatic heterocycles. The number of thiazole rings is 1. The fourth-order valence-corrected chi connectivity index (χ4v) is 4.73. The molecule has 0 amide bonds. The van der Waals surface area contributed by atoms with Crippen LogP contribution in [0.5, 0.6) is 0 Å². The topological polar surface area (TPSA) is 42.9 Å². The van der Waals surface area contributed by atoms with Crippen LogP contribution in [0.3, 0.4) is 0 Å². The summed E-state index contributed by atoms with van der Waals surface area (Å²) < 4.78 is 15.5. The first kappa shape index (κ1) is 13.4. The SMILES string of the molecule is O=Cc1cc(-c2cccnc2F)c(Sc2nccs2)s1. The number of pyridine rings is 1. The Morgan fingerprint density at radius 3 is 2.85 bits per heavy atom. The second-order valence-corrected chi connectivity index (χ2v) is 7.20. The highest BCUT2D eigenvalue weighted by molar-refractivity contribution is 8.02. The van der Waals surface area contributed by atoms with Gasteiger partial charge in [-0.1, -0.05) is 0 Å². The van der Waals surface area contributed by atoms with Gasteiger partial charge >= 0.3 is 0 Å². The minimum atomic E-state index is -0.538. The maximum Gasteiger partial charge on any atom is 0.220 e. The van der Waals surface area contributed by atoms with Gasteiger partial charge in [-0.05, 0) is 30.0 Å². The summed E-state index contributed by atoms with van der Waals surface area (Å²) in [5.74, 6) is -0.538. The van der Waals surface area contributed by atoms with Crippen molar-refractivity contribution in [2.45, 2.75) is 8.55 Å². The lowest BCUT2D eigenvalue weighted by atomic mass is 10.1. The largest absolute Gasteiger partial charge is 0.297 e. The fraction of sp³-hybridized carbons (Fsp3) is 0. The van der Waals surface area contributed by atoms with Gasteiger partial charge in [0.2, 0.25) is 5.95 Å². The standard InChI is InChI=1S/C13H7FN2OS3/c14-11-9(2-1-3-15-11)10-6-8(7-17)19-12(10)20-13-16-4-5-18-13/h1-7H. The summed E-state index contributed by atoms with van der Waals surface area (Å²) in [6, 6.07) is 5.02. The molecule has 3 heterocycles. The van der Waals surface area contributed by atoms with Gasteiger partial charge in [-0.2, -0.15) is 4.39 Å². The molecule has 0 saturated carbocycles. The predicted octanol–water partition coefficient (Wildman–Crippen LogP) is 4.37. The average molecular weight is 322 g/mol. The molecular formula is C13H7FN2OS3. The summed E-state index contributed by atoms with van der Waals surface area (Å²) in [7, 11) is 0. The summed E-state index contributed by atoms with van der Waals surface area (Å²) in [5.41, 5.74) is 1.08. The molecule has 20 heavy (non-hydrogen) atoms. The number of nitrogens with zero attached hydrogens (tertiary/aromatic N) is 2. The fourth-order valence-electron chi connectivity index (χ4n) is 1.64. The quantitative estimate of drug-likeness (QED) is 0.528. The molecule has 0 radical (unpaired) electrons. The number of hydrogen-bond acceptors (Lipinski definition) is 6. The van der Waals surface area contributed by atoms with Gasteiger partial charge in [0.1, 0.15) is 0 Å². The van der Waals surface area contributed by atoms with Crippen LogP contribution in [0, 0.1) is 5.95 Å². The number of carbonyl (C=O) groups is 1. The second-order valence-electron chi connectivity index (χ2n) is 3.71. The highest BCUT2D eigenvalue weighted by Crippen LogP contribution is 2.42. The number of halogens is 1. The van der Waals surface area contributed by atoms with E-state index in [9.17, 15) is 9.18 Å². The molecule has 0 aliphatic carbocycles. The van der Waals surface area contributed by atoms with Gasteiger partial charge in [0.25, 0.3) is 0 Å². The molecule has 0 fully saturated rings. The maximum atomic E-state index is 13.8. The molecule has 3 aromatic rings. The van der Waals surface area contributed by atoms with E-state index in [4.69, 9.17) is 0 Å². The van der Waals surface area contributed by atoms with Gasteiger partial charge in [-0.3, -0.25) is 4.79 Å². The zero-order valence-corrected chi connectivity index (χ0v) is 12.4. The van der Waals surface area contributed by atoms with E-state index in [2.05, 4.69) is 9.97 Å². The van der Waals surface area contributed by atoms with Crippen molar-refractivity contribution in [3.05, 3.63) is 46.8 Å². The summed E-state index contributed by atoms with van der Waals surface area (Å²) in [6.45, 7) is 0. The molecule has 0 unspecified atom stereocenters. The molecule has 0 aliphatic rings. The van der Waals surface area contributed by atoms with E-state index in [0.717, 1.165) is 14.8 Å². The Hall–Kier alpha value is -1.57. The predicted molar refractivity (Wildman–Crippen MR) is 79.1 cm³/mol. The van der Waals surface area contributed by atoms with E-state index in [-0.39, 0.29) is 0 Å². The third-order valence-corrected chi connectivity index (χ3v) is 5.62. The molecule has 3 rings (SSSR count). The van der Waals surface area contributed by atoms with E-state index in [0.29, 0.717) is 16.0 Å². The molecule has 3 nitrogen and oxygen atoms in total. The zero-order chi connectivity index (χ0) is 13.9. The normalized spacial score (nSPS) is 10.7. The molecule has 0 spiro atoms. The van der Waals surface area contributed by atoms with E-state index in [1.54, 1.807) is 24.4 Å². The van der Waals surface area contributed by atoms with E-state index >= 15 is 0 Å². The van der Waals surface area contributed by atoms with Crippen molar-refractivity contribution < 1.29 is 9.18 Å². The van der Waals surface area contributed by atoms with Crippen LogP contribution >= 0.6 is 34.4 Å². The van der Waals surface area contributed by atoms with Crippen LogP contribution in [0.1, 0.15) is 9.67 Å². The first-order chi connectivity index (χ1) is 9.78. The lowest BCUT2D eigenvalue weighted by Crippen LogP contribution is -1.87. The van der Waals surface area contributed by atoms with E-state index in [1.807, 2.05) is 5.38 Å². The smallest absolute Gasteiger partial charge is 0.220 e. The van der Waals surface area contributed by atoms with Crippen molar-refractivity contribution in [2.24, 2.45) is 0 Å². The number of carbonyl (C=O) groups excluding carboxylic acids is 1. The summed E-state index contributed by atoms with van der Waals surface area (Å²) in [5, 5.41) is 1.88. The van der Waals surface area contributed by atoms with Crippen molar-refractivity contribution in [1.29, 1.82) is 0 Å². The average Bonchev–Trinajstić information content (AvgIpc) is 3.09. The second kappa shape index (κ2) is 5.82. The van der Waals surface area contributed by atoms with Crippen LogP contribution in [0.25, 0.3) is 11.1 Å².